The summed E-state index contributed by atoms with van der Waals surface area (Å²) in [6, 6.07) is 5.49. The van der Waals surface area contributed by atoms with E-state index in [0.29, 0.717) is 17.5 Å². The lowest BCUT2D eigenvalue weighted by molar-refractivity contribution is -0.0310. The fraction of sp³-hybridized carbons (Fsp3) is 0.611. The third-order valence-corrected chi connectivity index (χ3v) is 5.81. The Morgan fingerprint density at radius 3 is 2.70 bits per heavy atom. The summed E-state index contributed by atoms with van der Waals surface area (Å²) in [5, 5.41) is 3.26. The number of aliphatic imine (C=N–C) groups is 1. The molecule has 23 heavy (non-hydrogen) atoms. The van der Waals surface area contributed by atoms with Gasteiger partial charge in [-0.2, -0.15) is 4.99 Å². The number of rotatable bonds is 3. The third-order valence-electron chi connectivity index (χ3n) is 5.81. The van der Waals surface area contributed by atoms with Crippen LogP contribution in [0.5, 0.6) is 0 Å². The molecular formula is C18H21N3O2. The lowest BCUT2D eigenvalue weighted by Gasteiger charge is -2.60. The van der Waals surface area contributed by atoms with E-state index >= 15 is 0 Å². The first-order valence-corrected chi connectivity index (χ1v) is 8.37. The second-order valence-corrected chi connectivity index (χ2v) is 7.79. The number of nitrogens with zero attached hydrogens (tertiary/aromatic N) is 2. The molecule has 1 aromatic heterocycles. The Hall–Kier alpha value is -2.00. The zero-order valence-corrected chi connectivity index (χ0v) is 13.3. The van der Waals surface area contributed by atoms with Crippen LogP contribution in [0, 0.1) is 18.8 Å². The highest BCUT2D eigenvalue weighted by molar-refractivity contribution is 5.92. The number of aromatic nitrogens is 1. The summed E-state index contributed by atoms with van der Waals surface area (Å²) < 4.78 is 0. The molecule has 5 heteroatoms. The Bertz CT molecular complexity index is 694. The van der Waals surface area contributed by atoms with Crippen molar-refractivity contribution in [3.8, 4) is 0 Å². The van der Waals surface area contributed by atoms with Crippen LogP contribution in [-0.4, -0.2) is 28.0 Å². The summed E-state index contributed by atoms with van der Waals surface area (Å²) in [5.74, 6) is 0.999. The van der Waals surface area contributed by atoms with E-state index in [1.165, 1.54) is 6.42 Å². The van der Waals surface area contributed by atoms with Crippen molar-refractivity contribution in [2.24, 2.45) is 16.8 Å². The smallest absolute Gasteiger partial charge is 0.270 e. The molecule has 2 atom stereocenters. The highest BCUT2D eigenvalue weighted by Crippen LogP contribution is 2.58. The normalized spacial score (nSPS) is 37.3. The lowest BCUT2D eigenvalue weighted by Crippen LogP contribution is -2.65. The Morgan fingerprint density at radius 1 is 1.30 bits per heavy atom. The summed E-state index contributed by atoms with van der Waals surface area (Å²) in [5.41, 5.74) is 0.783. The van der Waals surface area contributed by atoms with Crippen LogP contribution in [0.1, 0.15) is 54.7 Å². The molecule has 0 spiro atoms. The maximum Gasteiger partial charge on any atom is 0.270 e. The van der Waals surface area contributed by atoms with Gasteiger partial charge in [-0.3, -0.25) is 4.79 Å². The van der Waals surface area contributed by atoms with E-state index in [2.05, 4.69) is 15.3 Å². The van der Waals surface area contributed by atoms with E-state index in [0.717, 1.165) is 37.8 Å². The molecule has 4 saturated carbocycles. The molecule has 1 heterocycles. The van der Waals surface area contributed by atoms with Crippen LogP contribution in [0.3, 0.4) is 0 Å². The number of nitrogens with one attached hydrogen (secondary N) is 1. The average Bonchev–Trinajstić information content (AvgIpc) is 2.45. The predicted octanol–water partition coefficient (Wildman–Crippen LogP) is 2.55. The first kappa shape index (κ1) is 14.6. The van der Waals surface area contributed by atoms with Gasteiger partial charge in [-0.25, -0.2) is 9.78 Å². The molecule has 0 aromatic carbocycles. The highest BCUT2D eigenvalue weighted by atomic mass is 16.2. The number of carbonyl (C=O) groups excluding carboxylic acids is 2. The predicted molar refractivity (Wildman–Crippen MR) is 84.7 cm³/mol. The summed E-state index contributed by atoms with van der Waals surface area (Å²) in [4.78, 5) is 32.1. The summed E-state index contributed by atoms with van der Waals surface area (Å²) in [7, 11) is 0. The van der Waals surface area contributed by atoms with E-state index in [-0.39, 0.29) is 17.0 Å². The zero-order chi connectivity index (χ0) is 16.1. The van der Waals surface area contributed by atoms with E-state index in [1.54, 1.807) is 12.1 Å². The first-order chi connectivity index (χ1) is 11.0. The summed E-state index contributed by atoms with van der Waals surface area (Å²) >= 11 is 0. The minimum atomic E-state index is -0.293. The molecule has 4 fully saturated rings. The molecule has 5 nitrogen and oxygen atoms in total. The Labute approximate surface area is 135 Å². The van der Waals surface area contributed by atoms with Crippen LogP contribution in [0.15, 0.2) is 23.2 Å². The first-order valence-electron chi connectivity index (χ1n) is 8.37. The SMILES string of the molecule is Cc1cccc(C(=O)NC23CC4CC(CC(N=C=O)(C4)C2)C3)n1. The van der Waals surface area contributed by atoms with Crippen molar-refractivity contribution in [3.05, 3.63) is 29.6 Å². The van der Waals surface area contributed by atoms with Crippen LogP contribution in [0.25, 0.3) is 0 Å². The number of isocyanates is 1. The number of aryl methyl sites for hydroxylation is 1. The van der Waals surface area contributed by atoms with Crippen LogP contribution < -0.4 is 5.32 Å². The minimum Gasteiger partial charge on any atom is -0.345 e. The fourth-order valence-corrected chi connectivity index (χ4v) is 5.56. The van der Waals surface area contributed by atoms with Gasteiger partial charge in [0, 0.05) is 11.2 Å². The minimum absolute atomic E-state index is 0.110. The molecular weight excluding hydrogens is 290 g/mol. The Kier molecular flexibility index (Phi) is 3.17. The second kappa shape index (κ2) is 5.00. The number of pyridine rings is 1. The van der Waals surface area contributed by atoms with Gasteiger partial charge in [-0.1, -0.05) is 6.07 Å². The molecule has 4 bridgehead atoms. The number of hydrogen-bond acceptors (Lipinski definition) is 4. The van der Waals surface area contributed by atoms with Crippen molar-refractivity contribution in [3.63, 3.8) is 0 Å². The largest absolute Gasteiger partial charge is 0.345 e. The average molecular weight is 311 g/mol. The molecule has 2 unspecified atom stereocenters. The maximum absolute atomic E-state index is 12.7. The fourth-order valence-electron chi connectivity index (χ4n) is 5.56. The van der Waals surface area contributed by atoms with Gasteiger partial charge < -0.3 is 5.32 Å². The van der Waals surface area contributed by atoms with Gasteiger partial charge in [0.15, 0.2) is 0 Å². The monoisotopic (exact) mass is 311 g/mol. The zero-order valence-electron chi connectivity index (χ0n) is 13.3. The third kappa shape index (κ3) is 2.49. The van der Waals surface area contributed by atoms with Crippen molar-refractivity contribution >= 4 is 12.0 Å². The van der Waals surface area contributed by atoms with Crippen molar-refractivity contribution in [2.45, 2.75) is 56.5 Å². The topological polar surface area (TPSA) is 71.4 Å². The molecule has 0 radical (unpaired) electrons. The van der Waals surface area contributed by atoms with E-state index in [9.17, 15) is 9.59 Å². The van der Waals surface area contributed by atoms with E-state index in [1.807, 2.05) is 19.1 Å². The maximum atomic E-state index is 12.7. The van der Waals surface area contributed by atoms with Gasteiger partial charge in [-0.15, -0.1) is 0 Å². The molecule has 1 amide bonds. The van der Waals surface area contributed by atoms with Crippen LogP contribution >= 0.6 is 0 Å². The van der Waals surface area contributed by atoms with Crippen LogP contribution in [-0.2, 0) is 4.79 Å². The quantitative estimate of drug-likeness (QED) is 0.689. The molecule has 1 N–H and O–H groups in total. The molecule has 0 saturated heterocycles. The van der Waals surface area contributed by atoms with Crippen molar-refractivity contribution in [1.82, 2.24) is 10.3 Å². The Morgan fingerprint density at radius 2 is 2.04 bits per heavy atom. The number of hydrogen-bond donors (Lipinski definition) is 1. The van der Waals surface area contributed by atoms with Crippen molar-refractivity contribution in [1.29, 1.82) is 0 Å². The highest BCUT2D eigenvalue weighted by Gasteiger charge is 2.58. The summed E-state index contributed by atoms with van der Waals surface area (Å²) in [6.07, 6.45) is 7.69. The molecule has 4 aliphatic carbocycles. The second-order valence-electron chi connectivity index (χ2n) is 7.79. The van der Waals surface area contributed by atoms with Gasteiger partial charge in [0.2, 0.25) is 6.08 Å². The van der Waals surface area contributed by atoms with E-state index in [4.69, 9.17) is 0 Å². The van der Waals surface area contributed by atoms with Crippen molar-refractivity contribution in [2.75, 3.05) is 0 Å². The van der Waals surface area contributed by atoms with Gasteiger partial charge in [-0.05, 0) is 69.4 Å². The summed E-state index contributed by atoms with van der Waals surface area (Å²) in [6.45, 7) is 1.88. The standard InChI is InChI=1S/C18H21N3O2/c1-12-3-2-4-15(20-12)16(23)21-18-8-13-5-14(9-18)7-17(6-13,10-18)19-11-22/h2-4,13-14H,5-10H2,1H3,(H,21,23). The molecule has 120 valence electrons. The van der Waals surface area contributed by atoms with E-state index < -0.39 is 0 Å². The van der Waals surface area contributed by atoms with Gasteiger partial charge in [0.05, 0.1) is 5.54 Å². The van der Waals surface area contributed by atoms with Crippen LogP contribution in [0.2, 0.25) is 0 Å². The van der Waals surface area contributed by atoms with Crippen LogP contribution in [0.4, 0.5) is 0 Å². The molecule has 1 aromatic rings. The van der Waals surface area contributed by atoms with Gasteiger partial charge >= 0.3 is 0 Å². The van der Waals surface area contributed by atoms with Gasteiger partial charge in [0.25, 0.3) is 5.91 Å². The number of carbonyl (C=O) groups is 1. The molecule has 0 aliphatic heterocycles. The lowest BCUT2D eigenvalue weighted by atomic mass is 9.50. The van der Waals surface area contributed by atoms with Crippen molar-refractivity contribution < 1.29 is 9.59 Å². The van der Waals surface area contributed by atoms with Gasteiger partial charge in [0.1, 0.15) is 5.69 Å². The molecule has 4 aliphatic rings. The Balaban J connectivity index is 1.61. The number of amides is 1. The molecule has 5 rings (SSSR count).